The molecule has 1 saturated heterocycles. The molecule has 19 heavy (non-hydrogen) atoms. The van der Waals surface area contributed by atoms with Crippen molar-refractivity contribution in [3.63, 3.8) is 0 Å². The minimum atomic E-state index is 0.0794. The first-order chi connectivity index (χ1) is 9.08. The van der Waals surface area contributed by atoms with Gasteiger partial charge in [0.2, 0.25) is 5.91 Å². The fraction of sp³-hybridized carbons (Fsp3) is 0.600. The predicted molar refractivity (Wildman–Crippen MR) is 77.8 cm³/mol. The molecule has 0 N–H and O–H groups in total. The summed E-state index contributed by atoms with van der Waals surface area (Å²) in [4.78, 5) is 28.3. The molecule has 4 heteroatoms. The van der Waals surface area contributed by atoms with Crippen LogP contribution in [0.15, 0.2) is 6.07 Å². The summed E-state index contributed by atoms with van der Waals surface area (Å²) >= 11 is 1.64. The van der Waals surface area contributed by atoms with Crippen LogP contribution in [0.4, 0.5) is 0 Å². The lowest BCUT2D eigenvalue weighted by Gasteiger charge is -2.24. The van der Waals surface area contributed by atoms with Crippen LogP contribution in [-0.4, -0.2) is 29.7 Å². The van der Waals surface area contributed by atoms with Gasteiger partial charge in [-0.15, -0.1) is 11.3 Å². The first-order valence-electron chi connectivity index (χ1n) is 6.96. The van der Waals surface area contributed by atoms with Crippen molar-refractivity contribution in [2.75, 3.05) is 13.1 Å². The van der Waals surface area contributed by atoms with Crippen LogP contribution in [0, 0.1) is 13.8 Å². The number of hydrogen-bond donors (Lipinski definition) is 0. The highest BCUT2D eigenvalue weighted by Crippen LogP contribution is 2.21. The number of Topliss-reactive ketones (excluding diaryl/α,β-unsaturated/α-hetero) is 1. The summed E-state index contributed by atoms with van der Waals surface area (Å²) in [7, 11) is 0. The third-order valence-corrected chi connectivity index (χ3v) is 4.56. The Morgan fingerprint density at radius 3 is 2.68 bits per heavy atom. The fourth-order valence-corrected chi connectivity index (χ4v) is 3.49. The summed E-state index contributed by atoms with van der Waals surface area (Å²) in [6, 6.07) is 1.94. The van der Waals surface area contributed by atoms with Gasteiger partial charge in [-0.25, -0.2) is 0 Å². The van der Waals surface area contributed by atoms with Crippen molar-refractivity contribution < 1.29 is 9.59 Å². The van der Waals surface area contributed by atoms with Crippen LogP contribution >= 0.6 is 11.3 Å². The summed E-state index contributed by atoms with van der Waals surface area (Å²) in [5.74, 6) is 0.216. The molecule has 0 saturated carbocycles. The van der Waals surface area contributed by atoms with E-state index in [1.165, 1.54) is 0 Å². The molecule has 1 aromatic heterocycles. The first kappa shape index (κ1) is 14.3. The Morgan fingerprint density at radius 2 is 2.00 bits per heavy atom. The number of likely N-dealkylation sites (tertiary alicyclic amines) is 1. The zero-order valence-electron chi connectivity index (χ0n) is 11.7. The monoisotopic (exact) mass is 279 g/mol. The normalized spacial score (nSPS) is 17.2. The van der Waals surface area contributed by atoms with E-state index in [-0.39, 0.29) is 18.2 Å². The lowest BCUT2D eigenvalue weighted by Crippen LogP contribution is -2.37. The van der Waals surface area contributed by atoms with E-state index >= 15 is 0 Å². The van der Waals surface area contributed by atoms with Crippen LogP contribution < -0.4 is 0 Å². The average molecular weight is 279 g/mol. The Labute approximate surface area is 118 Å². The predicted octanol–water partition coefficient (Wildman–Crippen LogP) is 3.34. The van der Waals surface area contributed by atoms with Crippen molar-refractivity contribution in [3.05, 3.63) is 21.4 Å². The van der Waals surface area contributed by atoms with Gasteiger partial charge in [-0.1, -0.05) is 12.8 Å². The van der Waals surface area contributed by atoms with Gasteiger partial charge in [-0.3, -0.25) is 9.59 Å². The van der Waals surface area contributed by atoms with E-state index in [2.05, 4.69) is 0 Å². The number of amides is 1. The van der Waals surface area contributed by atoms with Gasteiger partial charge in [0.1, 0.15) is 0 Å². The van der Waals surface area contributed by atoms with Gasteiger partial charge in [-0.05, 0) is 32.8 Å². The first-order valence-corrected chi connectivity index (χ1v) is 7.77. The molecule has 0 atom stereocenters. The lowest BCUT2D eigenvalue weighted by molar-refractivity contribution is -0.131. The third-order valence-electron chi connectivity index (χ3n) is 3.60. The molecule has 0 unspecified atom stereocenters. The van der Waals surface area contributed by atoms with E-state index in [1.54, 1.807) is 16.2 Å². The summed E-state index contributed by atoms with van der Waals surface area (Å²) < 4.78 is 0. The number of nitrogens with zero attached hydrogens (tertiary/aromatic N) is 1. The number of hydrogen-bond acceptors (Lipinski definition) is 3. The highest BCUT2D eigenvalue weighted by Gasteiger charge is 2.20. The number of aryl methyl sites for hydroxylation is 2. The van der Waals surface area contributed by atoms with Gasteiger partial charge in [0.25, 0.3) is 0 Å². The molecule has 0 aromatic carbocycles. The van der Waals surface area contributed by atoms with Crippen molar-refractivity contribution >= 4 is 23.0 Å². The van der Waals surface area contributed by atoms with E-state index in [1.807, 2.05) is 19.9 Å². The van der Waals surface area contributed by atoms with Crippen LogP contribution in [0.2, 0.25) is 0 Å². The zero-order chi connectivity index (χ0) is 13.8. The van der Waals surface area contributed by atoms with Gasteiger partial charge in [0.05, 0.1) is 6.54 Å². The average Bonchev–Trinajstić information content (AvgIpc) is 2.68. The van der Waals surface area contributed by atoms with Crippen molar-refractivity contribution in [2.24, 2.45) is 0 Å². The van der Waals surface area contributed by atoms with Crippen molar-refractivity contribution in [3.8, 4) is 0 Å². The smallest absolute Gasteiger partial charge is 0.222 e. The number of carbonyl (C=O) groups is 2. The van der Waals surface area contributed by atoms with Crippen LogP contribution in [0.25, 0.3) is 0 Å². The molecular formula is C15H21NO2S. The summed E-state index contributed by atoms with van der Waals surface area (Å²) in [5, 5.41) is 0. The maximum atomic E-state index is 12.3. The summed E-state index contributed by atoms with van der Waals surface area (Å²) in [6.07, 6.45) is 4.86. The van der Waals surface area contributed by atoms with Gasteiger partial charge in [0, 0.05) is 28.3 Å². The van der Waals surface area contributed by atoms with Gasteiger partial charge >= 0.3 is 0 Å². The molecule has 2 heterocycles. The van der Waals surface area contributed by atoms with Crippen molar-refractivity contribution in [1.29, 1.82) is 0 Å². The van der Waals surface area contributed by atoms with E-state index < -0.39 is 0 Å². The molecule has 0 spiro atoms. The molecule has 1 aromatic rings. The maximum absolute atomic E-state index is 12.3. The molecule has 0 radical (unpaired) electrons. The number of thiophene rings is 1. The van der Waals surface area contributed by atoms with Crippen LogP contribution in [0.1, 0.15) is 52.2 Å². The second kappa shape index (κ2) is 6.33. The SMILES string of the molecule is Cc1cc(C(=O)CN2CCCCCCC2=O)c(C)s1. The highest BCUT2D eigenvalue weighted by molar-refractivity contribution is 7.12. The second-order valence-electron chi connectivity index (χ2n) is 5.23. The number of ketones is 1. The van der Waals surface area contributed by atoms with Crippen molar-refractivity contribution in [2.45, 2.75) is 46.0 Å². The molecule has 0 bridgehead atoms. The Hall–Kier alpha value is -1.16. The molecular weight excluding hydrogens is 258 g/mol. The Balaban J connectivity index is 2.04. The van der Waals surface area contributed by atoms with E-state index in [9.17, 15) is 9.59 Å². The van der Waals surface area contributed by atoms with E-state index in [0.717, 1.165) is 47.5 Å². The van der Waals surface area contributed by atoms with Gasteiger partial charge in [0.15, 0.2) is 5.78 Å². The molecule has 1 fully saturated rings. The van der Waals surface area contributed by atoms with Gasteiger partial charge in [-0.2, -0.15) is 0 Å². The standard InChI is InChI=1S/C15H21NO2S/c1-11-9-13(12(2)19-11)14(17)10-16-8-6-4-3-5-7-15(16)18/h9H,3-8,10H2,1-2H3. The number of rotatable bonds is 3. The highest BCUT2D eigenvalue weighted by atomic mass is 32.1. The molecule has 1 aliphatic rings. The van der Waals surface area contributed by atoms with Crippen LogP contribution in [-0.2, 0) is 4.79 Å². The van der Waals surface area contributed by atoms with Gasteiger partial charge < -0.3 is 4.90 Å². The lowest BCUT2D eigenvalue weighted by atomic mass is 10.1. The van der Waals surface area contributed by atoms with Crippen LogP contribution in [0.5, 0.6) is 0 Å². The Morgan fingerprint density at radius 1 is 1.26 bits per heavy atom. The molecule has 1 aliphatic heterocycles. The van der Waals surface area contributed by atoms with E-state index in [0.29, 0.717) is 6.42 Å². The zero-order valence-corrected chi connectivity index (χ0v) is 12.5. The van der Waals surface area contributed by atoms with Crippen molar-refractivity contribution in [1.82, 2.24) is 4.90 Å². The quantitative estimate of drug-likeness (QED) is 0.796. The molecule has 2 rings (SSSR count). The molecule has 0 aliphatic carbocycles. The summed E-state index contributed by atoms with van der Waals surface area (Å²) in [6.45, 7) is 4.96. The number of carbonyl (C=O) groups excluding carboxylic acids is 2. The maximum Gasteiger partial charge on any atom is 0.222 e. The van der Waals surface area contributed by atoms with E-state index in [4.69, 9.17) is 0 Å². The molecule has 1 amide bonds. The Kier molecular flexibility index (Phi) is 4.75. The third kappa shape index (κ3) is 3.66. The van der Waals surface area contributed by atoms with Crippen LogP contribution in [0.3, 0.4) is 0 Å². The topological polar surface area (TPSA) is 37.4 Å². The minimum absolute atomic E-state index is 0.0794. The molecule has 104 valence electrons. The minimum Gasteiger partial charge on any atom is -0.335 e. The fourth-order valence-electron chi connectivity index (χ4n) is 2.55. The Bertz CT molecular complexity index is 478. The molecule has 3 nitrogen and oxygen atoms in total. The largest absolute Gasteiger partial charge is 0.335 e. The summed E-state index contributed by atoms with van der Waals surface area (Å²) in [5.41, 5.74) is 0.789. The second-order valence-corrected chi connectivity index (χ2v) is 6.69.